The third kappa shape index (κ3) is 6.32. The van der Waals surface area contributed by atoms with Crippen molar-refractivity contribution in [1.29, 1.82) is 0 Å². The average molecular weight is 382 g/mol. The van der Waals surface area contributed by atoms with E-state index in [0.29, 0.717) is 30.0 Å². The van der Waals surface area contributed by atoms with Gasteiger partial charge in [0.25, 0.3) is 0 Å². The number of methoxy groups -OCH3 is 1. The van der Waals surface area contributed by atoms with Crippen molar-refractivity contribution in [2.24, 2.45) is 4.99 Å². The summed E-state index contributed by atoms with van der Waals surface area (Å²) >= 11 is 7.30. The highest BCUT2D eigenvalue weighted by Gasteiger charge is 2.11. The van der Waals surface area contributed by atoms with Crippen molar-refractivity contribution in [1.82, 2.24) is 10.6 Å². The number of aliphatic imine (C=N–C) groups is 1. The van der Waals surface area contributed by atoms with E-state index in [4.69, 9.17) is 16.3 Å². The number of benzene rings is 1. The molecule has 3 N–H and O–H groups in total. The van der Waals surface area contributed by atoms with Gasteiger partial charge in [-0.05, 0) is 30.2 Å². The van der Waals surface area contributed by atoms with Gasteiger partial charge in [0.1, 0.15) is 6.10 Å². The molecular weight excluding hydrogens is 358 g/mol. The molecule has 5 nitrogen and oxygen atoms in total. The summed E-state index contributed by atoms with van der Waals surface area (Å²) in [5.41, 5.74) is 2.24. The second-order valence-electron chi connectivity index (χ2n) is 5.44. The van der Waals surface area contributed by atoms with Gasteiger partial charge in [-0.15, -0.1) is 11.3 Å². The van der Waals surface area contributed by atoms with Crippen LogP contribution in [0.3, 0.4) is 0 Å². The normalized spacial score (nSPS) is 12.9. The molecule has 0 radical (unpaired) electrons. The molecule has 136 valence electrons. The quantitative estimate of drug-likeness (QED) is 0.484. The molecule has 1 atom stereocenters. The van der Waals surface area contributed by atoms with Gasteiger partial charge in [-0.25, -0.2) is 4.99 Å². The molecule has 2 aromatic rings. The standard InChI is InChI=1S/C18H24ClN3O2S/c1-3-20-18(22-11-15(23)16-8-9-17(19)25-16)21-10-13-6-4-5-7-14(13)12-24-2/h4-9,15,23H,3,10-12H2,1-2H3,(H2,20,21,22). The first-order valence-electron chi connectivity index (χ1n) is 8.15. The van der Waals surface area contributed by atoms with Crippen molar-refractivity contribution in [2.45, 2.75) is 26.2 Å². The van der Waals surface area contributed by atoms with Crippen molar-refractivity contribution in [3.63, 3.8) is 0 Å². The zero-order valence-electron chi connectivity index (χ0n) is 14.5. The van der Waals surface area contributed by atoms with E-state index in [2.05, 4.69) is 15.6 Å². The molecule has 1 unspecified atom stereocenters. The minimum absolute atomic E-state index is 0.363. The van der Waals surface area contributed by atoms with Gasteiger partial charge in [0.2, 0.25) is 0 Å². The van der Waals surface area contributed by atoms with Crippen LogP contribution in [0.4, 0.5) is 0 Å². The molecule has 0 aliphatic carbocycles. The van der Waals surface area contributed by atoms with E-state index >= 15 is 0 Å². The van der Waals surface area contributed by atoms with E-state index in [-0.39, 0.29) is 0 Å². The van der Waals surface area contributed by atoms with Crippen LogP contribution in [0.25, 0.3) is 0 Å². The molecule has 0 saturated heterocycles. The fourth-order valence-electron chi connectivity index (χ4n) is 2.32. The van der Waals surface area contributed by atoms with Crippen molar-refractivity contribution in [3.8, 4) is 0 Å². The molecule has 0 saturated carbocycles. The number of halogens is 1. The van der Waals surface area contributed by atoms with Crippen molar-refractivity contribution >= 4 is 28.9 Å². The van der Waals surface area contributed by atoms with E-state index < -0.39 is 6.10 Å². The van der Waals surface area contributed by atoms with Gasteiger partial charge in [0.05, 0.1) is 17.5 Å². The van der Waals surface area contributed by atoms with E-state index in [1.165, 1.54) is 11.3 Å². The molecule has 1 aromatic heterocycles. The van der Waals surface area contributed by atoms with E-state index in [0.717, 1.165) is 22.5 Å². The van der Waals surface area contributed by atoms with Crippen LogP contribution in [0.15, 0.2) is 41.4 Å². The topological polar surface area (TPSA) is 65.9 Å². The van der Waals surface area contributed by atoms with Gasteiger partial charge in [0, 0.05) is 25.1 Å². The maximum Gasteiger partial charge on any atom is 0.191 e. The minimum Gasteiger partial charge on any atom is -0.386 e. The third-order valence-corrected chi connectivity index (χ3v) is 4.89. The van der Waals surface area contributed by atoms with Gasteiger partial charge < -0.3 is 20.5 Å². The Bertz CT molecular complexity index is 690. The number of hydrogen-bond acceptors (Lipinski definition) is 4. The molecule has 2 rings (SSSR count). The Hall–Kier alpha value is -1.60. The van der Waals surface area contributed by atoms with Crippen LogP contribution in [-0.4, -0.2) is 31.3 Å². The van der Waals surface area contributed by atoms with Crippen LogP contribution in [0.2, 0.25) is 4.34 Å². The van der Waals surface area contributed by atoms with Crippen LogP contribution < -0.4 is 10.6 Å². The molecule has 0 spiro atoms. The summed E-state index contributed by atoms with van der Waals surface area (Å²) in [5, 5.41) is 16.6. The number of nitrogens with zero attached hydrogens (tertiary/aromatic N) is 1. The highest BCUT2D eigenvalue weighted by Crippen LogP contribution is 2.26. The zero-order valence-corrected chi connectivity index (χ0v) is 16.0. The van der Waals surface area contributed by atoms with Crippen molar-refractivity contribution in [2.75, 3.05) is 20.2 Å². The zero-order chi connectivity index (χ0) is 18.1. The Balaban J connectivity index is 1.98. The number of nitrogens with one attached hydrogen (secondary N) is 2. The number of thiophene rings is 1. The van der Waals surface area contributed by atoms with Gasteiger partial charge in [-0.3, -0.25) is 0 Å². The fraction of sp³-hybridized carbons (Fsp3) is 0.389. The molecule has 7 heteroatoms. The maximum absolute atomic E-state index is 10.2. The predicted molar refractivity (Wildman–Crippen MR) is 104 cm³/mol. The second-order valence-corrected chi connectivity index (χ2v) is 7.18. The predicted octanol–water partition coefficient (Wildman–Crippen LogP) is 3.34. The summed E-state index contributed by atoms with van der Waals surface area (Å²) in [6, 6.07) is 11.7. The van der Waals surface area contributed by atoms with Crippen LogP contribution >= 0.6 is 22.9 Å². The molecule has 25 heavy (non-hydrogen) atoms. The van der Waals surface area contributed by atoms with Crippen LogP contribution in [0, 0.1) is 0 Å². The molecular formula is C18H24ClN3O2S. The molecule has 0 fully saturated rings. The Morgan fingerprint density at radius 3 is 2.64 bits per heavy atom. The Labute approximate surface area is 157 Å². The smallest absolute Gasteiger partial charge is 0.191 e. The molecule has 0 amide bonds. The summed E-state index contributed by atoms with van der Waals surface area (Å²) in [6.07, 6.45) is -0.623. The first-order chi connectivity index (χ1) is 12.1. The number of ether oxygens (including phenoxy) is 1. The average Bonchev–Trinajstić information content (AvgIpc) is 3.05. The lowest BCUT2D eigenvalue weighted by molar-refractivity contribution is 0.184. The summed E-state index contributed by atoms with van der Waals surface area (Å²) < 4.78 is 5.90. The Morgan fingerprint density at radius 2 is 2.00 bits per heavy atom. The lowest BCUT2D eigenvalue weighted by Gasteiger charge is -2.15. The number of hydrogen-bond donors (Lipinski definition) is 3. The van der Waals surface area contributed by atoms with Gasteiger partial charge in [-0.1, -0.05) is 35.9 Å². The van der Waals surface area contributed by atoms with Gasteiger partial charge in [-0.2, -0.15) is 0 Å². The molecule has 1 heterocycles. The molecule has 0 bridgehead atoms. The van der Waals surface area contributed by atoms with Crippen molar-refractivity contribution in [3.05, 3.63) is 56.7 Å². The number of guanidine groups is 1. The lowest BCUT2D eigenvalue weighted by atomic mass is 10.1. The highest BCUT2D eigenvalue weighted by molar-refractivity contribution is 7.16. The maximum atomic E-state index is 10.2. The van der Waals surface area contributed by atoms with Crippen molar-refractivity contribution < 1.29 is 9.84 Å². The first kappa shape index (κ1) is 19.7. The molecule has 0 aliphatic heterocycles. The first-order valence-corrected chi connectivity index (χ1v) is 9.34. The van der Waals surface area contributed by atoms with Crippen LogP contribution in [-0.2, 0) is 17.9 Å². The van der Waals surface area contributed by atoms with E-state index in [9.17, 15) is 5.11 Å². The van der Waals surface area contributed by atoms with Gasteiger partial charge >= 0.3 is 0 Å². The number of rotatable bonds is 8. The Morgan fingerprint density at radius 1 is 1.24 bits per heavy atom. The monoisotopic (exact) mass is 381 g/mol. The second kappa shape index (κ2) is 10.4. The molecule has 0 aliphatic rings. The fourth-order valence-corrected chi connectivity index (χ4v) is 3.36. The summed E-state index contributed by atoms with van der Waals surface area (Å²) in [6.45, 7) is 4.21. The van der Waals surface area contributed by atoms with Crippen LogP contribution in [0.5, 0.6) is 0 Å². The minimum atomic E-state index is -0.623. The SMILES string of the molecule is CCNC(=NCc1ccccc1COC)NCC(O)c1ccc(Cl)s1. The Kier molecular flexibility index (Phi) is 8.21. The summed E-state index contributed by atoms with van der Waals surface area (Å²) in [5.74, 6) is 0.663. The van der Waals surface area contributed by atoms with Crippen LogP contribution in [0.1, 0.15) is 29.0 Å². The highest BCUT2D eigenvalue weighted by atomic mass is 35.5. The molecule has 1 aromatic carbocycles. The largest absolute Gasteiger partial charge is 0.386 e. The third-order valence-electron chi connectivity index (χ3n) is 3.56. The number of aliphatic hydroxyl groups is 1. The summed E-state index contributed by atoms with van der Waals surface area (Å²) in [7, 11) is 1.68. The lowest BCUT2D eigenvalue weighted by Crippen LogP contribution is -2.39. The van der Waals surface area contributed by atoms with E-state index in [1.807, 2.05) is 37.3 Å². The summed E-state index contributed by atoms with van der Waals surface area (Å²) in [4.78, 5) is 5.43. The van der Waals surface area contributed by atoms with Gasteiger partial charge in [0.15, 0.2) is 5.96 Å². The number of aliphatic hydroxyl groups excluding tert-OH is 1. The van der Waals surface area contributed by atoms with E-state index in [1.54, 1.807) is 13.2 Å².